The second-order valence-corrected chi connectivity index (χ2v) is 14.6. The fraction of sp³-hybridized carbons (Fsp3) is 0.389. The molecule has 4 heterocycles. The number of methoxy groups -OCH3 is 2. The summed E-state index contributed by atoms with van der Waals surface area (Å²) in [6.45, 7) is 0. The molecule has 3 fully saturated rings. The number of carbonyl (C=O) groups is 4. The molecule has 21 heteroatoms. The van der Waals surface area contributed by atoms with Crippen LogP contribution in [0, 0.1) is 29.6 Å². The number of amides is 4. The number of phenolic OH excluding ortho intramolecular Hbond substituents is 1. The third-order valence-electron chi connectivity index (χ3n) is 10.9. The molecule has 57 heavy (non-hydrogen) atoms. The number of pyridine rings is 2. The molecule has 7 rings (SSSR count). The van der Waals surface area contributed by atoms with Crippen molar-refractivity contribution in [1.82, 2.24) is 20.0 Å². The maximum Gasteiger partial charge on any atom is 0.433 e. The number of nitrogens with zero attached hydrogens (tertiary/aromatic N) is 6. The van der Waals surface area contributed by atoms with Gasteiger partial charge in [0.1, 0.15) is 11.4 Å². The summed E-state index contributed by atoms with van der Waals surface area (Å²) in [4.78, 5) is 64.6. The van der Waals surface area contributed by atoms with Crippen LogP contribution in [0.1, 0.15) is 35.7 Å². The van der Waals surface area contributed by atoms with E-state index in [1.807, 2.05) is 0 Å². The Morgan fingerprint density at radius 1 is 0.719 bits per heavy atom. The number of aromatic nitrogens is 2. The standard InChI is InChI=1S/C36H30Cl2F6N6O7/c1-47(29-19(37)7-9-23(45-29)35(39,40)41)49-31(52)16-6-5-15-17(26(16)33(49)54)13-18-27(25(15)14-11-21(56-3)28(51)22(12-14)57-4)34(55)50(32(18)53)48(2)30-20(38)8-10-24(46-30)36(42,43)44/h5,7-12,16-18,25-27,51H,6,13H2,1-4H3. The predicted molar refractivity (Wildman–Crippen MR) is 188 cm³/mol. The van der Waals surface area contributed by atoms with Crippen LogP contribution in [0.2, 0.25) is 10.0 Å². The number of phenols is 1. The summed E-state index contributed by atoms with van der Waals surface area (Å²) in [6.07, 6.45) is -8.37. The molecule has 3 aromatic rings. The highest BCUT2D eigenvalue weighted by atomic mass is 35.5. The fourth-order valence-corrected chi connectivity index (χ4v) is 8.89. The molecule has 2 aliphatic heterocycles. The number of imide groups is 2. The smallest absolute Gasteiger partial charge is 0.433 e. The van der Waals surface area contributed by atoms with Gasteiger partial charge in [0.25, 0.3) is 23.6 Å². The van der Waals surface area contributed by atoms with Gasteiger partial charge in [0, 0.05) is 20.0 Å². The number of allylic oxidation sites excluding steroid dienone is 2. The van der Waals surface area contributed by atoms with Crippen LogP contribution in [-0.4, -0.2) is 77.0 Å². The molecule has 2 aromatic heterocycles. The van der Waals surface area contributed by atoms with Gasteiger partial charge in [0.05, 0.1) is 47.9 Å². The van der Waals surface area contributed by atoms with E-state index in [-0.39, 0.29) is 45.7 Å². The lowest BCUT2D eigenvalue weighted by Gasteiger charge is -2.44. The molecule has 1 aromatic carbocycles. The van der Waals surface area contributed by atoms with Crippen LogP contribution in [0.4, 0.5) is 38.0 Å². The van der Waals surface area contributed by atoms with Crippen LogP contribution in [0.25, 0.3) is 0 Å². The normalized spacial score (nSPS) is 24.6. The van der Waals surface area contributed by atoms with Crippen molar-refractivity contribution in [3.05, 3.63) is 75.0 Å². The maximum absolute atomic E-state index is 14.6. The summed E-state index contributed by atoms with van der Waals surface area (Å²) in [5.41, 5.74) is -1.92. The molecule has 6 atom stereocenters. The number of anilines is 2. The molecular formula is C36H30Cl2F6N6O7. The highest BCUT2D eigenvalue weighted by Gasteiger charge is 2.63. The SMILES string of the molecule is COc1cc(C2C3=CCC4C(=O)N(N(C)c5nc(C(F)(F)F)ccc5Cl)C(=O)C4C3CC3C(=O)N(N(C)c4nc(C(F)(F)F)ccc4Cl)C(=O)C32)cc(OC)c1O. The van der Waals surface area contributed by atoms with E-state index >= 15 is 0 Å². The average Bonchev–Trinajstić information content (AvgIpc) is 3.56. The predicted octanol–water partition coefficient (Wildman–Crippen LogP) is 6.28. The quantitative estimate of drug-likeness (QED) is 0.163. The molecule has 0 radical (unpaired) electrons. The lowest BCUT2D eigenvalue weighted by molar-refractivity contribution is -0.143. The first-order valence-corrected chi connectivity index (χ1v) is 17.8. The fourth-order valence-electron chi connectivity index (χ4n) is 8.44. The zero-order valence-electron chi connectivity index (χ0n) is 30.0. The Morgan fingerprint density at radius 3 is 1.63 bits per heavy atom. The first-order chi connectivity index (χ1) is 26.7. The number of ether oxygens (including phenoxy) is 2. The van der Waals surface area contributed by atoms with Gasteiger partial charge in [0.15, 0.2) is 23.1 Å². The summed E-state index contributed by atoms with van der Waals surface area (Å²) in [5, 5.41) is 13.1. The van der Waals surface area contributed by atoms with Crippen molar-refractivity contribution in [2.24, 2.45) is 29.6 Å². The number of benzene rings is 1. The third kappa shape index (κ3) is 6.34. The molecular weight excluding hydrogens is 813 g/mol. The first-order valence-electron chi connectivity index (χ1n) is 17.1. The molecule has 0 bridgehead atoms. The van der Waals surface area contributed by atoms with E-state index < -0.39 is 94.5 Å². The van der Waals surface area contributed by atoms with Gasteiger partial charge >= 0.3 is 12.4 Å². The lowest BCUT2D eigenvalue weighted by Crippen LogP contribution is -2.46. The van der Waals surface area contributed by atoms with E-state index in [1.165, 1.54) is 26.4 Å². The van der Waals surface area contributed by atoms with Gasteiger partial charge in [0.2, 0.25) is 5.75 Å². The van der Waals surface area contributed by atoms with Crippen molar-refractivity contribution in [2.45, 2.75) is 31.1 Å². The number of halogens is 8. The number of hydrazine groups is 2. The van der Waals surface area contributed by atoms with Crippen molar-refractivity contribution < 1.29 is 60.1 Å². The molecule has 4 aliphatic rings. The van der Waals surface area contributed by atoms with Crippen LogP contribution in [0.3, 0.4) is 0 Å². The number of hydrogen-bond donors (Lipinski definition) is 1. The molecule has 2 aliphatic carbocycles. The molecule has 4 amide bonds. The van der Waals surface area contributed by atoms with Crippen molar-refractivity contribution in [3.8, 4) is 17.2 Å². The van der Waals surface area contributed by atoms with E-state index in [0.29, 0.717) is 27.7 Å². The van der Waals surface area contributed by atoms with Crippen molar-refractivity contribution in [3.63, 3.8) is 0 Å². The molecule has 302 valence electrons. The van der Waals surface area contributed by atoms with Crippen LogP contribution in [-0.2, 0) is 31.5 Å². The topological polar surface area (TPSA) is 146 Å². The van der Waals surface area contributed by atoms with Gasteiger partial charge in [-0.1, -0.05) is 34.9 Å². The minimum Gasteiger partial charge on any atom is -0.502 e. The Bertz CT molecular complexity index is 2230. The van der Waals surface area contributed by atoms with Crippen LogP contribution < -0.4 is 19.5 Å². The number of hydrogen-bond acceptors (Lipinski definition) is 11. The zero-order chi connectivity index (χ0) is 41.6. The Hall–Kier alpha value is -5.30. The first kappa shape index (κ1) is 39.9. The van der Waals surface area contributed by atoms with E-state index in [1.54, 1.807) is 6.08 Å². The number of fused-ring (bicyclic) bond motifs is 4. The number of alkyl halides is 6. The minimum absolute atomic E-state index is 0.0646. The summed E-state index contributed by atoms with van der Waals surface area (Å²) in [6, 6.07) is 5.96. The number of rotatable bonds is 7. The molecule has 2 saturated heterocycles. The van der Waals surface area contributed by atoms with Crippen LogP contribution in [0.15, 0.2) is 48.0 Å². The molecule has 1 N–H and O–H groups in total. The highest BCUT2D eigenvalue weighted by Crippen LogP contribution is 2.59. The monoisotopic (exact) mass is 842 g/mol. The van der Waals surface area contributed by atoms with Crippen molar-refractivity contribution in [2.75, 3.05) is 38.3 Å². The second kappa shape index (κ2) is 14.0. The number of carbonyl (C=O) groups excluding carboxylic acids is 4. The molecule has 6 unspecified atom stereocenters. The summed E-state index contributed by atoms with van der Waals surface area (Å²) < 4.78 is 92.7. The Balaban J connectivity index is 1.33. The van der Waals surface area contributed by atoms with E-state index in [9.17, 15) is 50.6 Å². The van der Waals surface area contributed by atoms with Gasteiger partial charge in [-0.2, -0.15) is 36.4 Å². The number of aromatic hydroxyl groups is 1. The summed E-state index contributed by atoms with van der Waals surface area (Å²) in [5.74, 6) is -11.7. The van der Waals surface area contributed by atoms with E-state index in [0.717, 1.165) is 36.2 Å². The Morgan fingerprint density at radius 2 is 1.18 bits per heavy atom. The molecule has 13 nitrogen and oxygen atoms in total. The van der Waals surface area contributed by atoms with Crippen molar-refractivity contribution in [1.29, 1.82) is 0 Å². The molecule has 1 saturated carbocycles. The Kier molecular flexibility index (Phi) is 9.78. The second-order valence-electron chi connectivity index (χ2n) is 13.8. The largest absolute Gasteiger partial charge is 0.502 e. The van der Waals surface area contributed by atoms with Gasteiger partial charge in [-0.05, 0) is 60.7 Å². The van der Waals surface area contributed by atoms with Crippen LogP contribution in [0.5, 0.6) is 17.2 Å². The van der Waals surface area contributed by atoms with E-state index in [2.05, 4.69) is 9.97 Å². The van der Waals surface area contributed by atoms with Gasteiger partial charge in [-0.15, -0.1) is 0 Å². The maximum atomic E-state index is 14.6. The Labute approximate surface area is 329 Å². The van der Waals surface area contributed by atoms with Crippen molar-refractivity contribution >= 4 is 58.5 Å². The van der Waals surface area contributed by atoms with Gasteiger partial charge in [-0.3, -0.25) is 29.2 Å². The molecule has 0 spiro atoms. The zero-order valence-corrected chi connectivity index (χ0v) is 31.5. The lowest BCUT2D eigenvalue weighted by atomic mass is 9.57. The van der Waals surface area contributed by atoms with Crippen LogP contribution >= 0.6 is 23.2 Å². The summed E-state index contributed by atoms with van der Waals surface area (Å²) in [7, 11) is 4.83. The summed E-state index contributed by atoms with van der Waals surface area (Å²) >= 11 is 12.5. The minimum atomic E-state index is -4.90. The van der Waals surface area contributed by atoms with Gasteiger partial charge in [-0.25, -0.2) is 9.97 Å². The van der Waals surface area contributed by atoms with E-state index in [4.69, 9.17) is 32.7 Å². The highest BCUT2D eigenvalue weighted by molar-refractivity contribution is 6.33. The average molecular weight is 844 g/mol. The third-order valence-corrected chi connectivity index (χ3v) is 11.5. The van der Waals surface area contributed by atoms with Gasteiger partial charge < -0.3 is 14.6 Å².